The standard InChI is InChI=1S/C28H36F14O9/c1-3-17(43)6-4-5-7-18(44)12-47-15-22(29,30)25(35,36)50-27(39,40)24(33,34)28(41,42)51-26(37,38)23(31,32)16-48-13-19(45)14-49-21-10-8-20(46-2)9-11-21/h8-11,17-19,43-45H,3-7,12-16H2,1-2H3. The second-order valence-electron chi connectivity index (χ2n) is 10.9. The lowest BCUT2D eigenvalue weighted by Gasteiger charge is -2.37. The summed E-state index contributed by atoms with van der Waals surface area (Å²) in [5.74, 6) is -19.4. The van der Waals surface area contributed by atoms with E-state index >= 15 is 0 Å². The number of hydrogen-bond acceptors (Lipinski definition) is 9. The predicted octanol–water partition coefficient (Wildman–Crippen LogP) is 6.47. The average molecular weight is 783 g/mol. The molecule has 1 aromatic carbocycles. The van der Waals surface area contributed by atoms with Gasteiger partial charge in [0.2, 0.25) is 0 Å². The maximum Gasteiger partial charge on any atom is 0.433 e. The highest BCUT2D eigenvalue weighted by Gasteiger charge is 2.81. The fraction of sp³-hybridized carbons (Fsp3) is 0.786. The number of aliphatic hydroxyl groups is 3. The second-order valence-corrected chi connectivity index (χ2v) is 10.9. The van der Waals surface area contributed by atoms with Crippen LogP contribution in [0.5, 0.6) is 11.5 Å². The Balaban J connectivity index is 2.79. The van der Waals surface area contributed by atoms with Crippen LogP contribution >= 0.6 is 0 Å². The third-order valence-corrected chi connectivity index (χ3v) is 6.58. The molecular formula is C28H36F14O9. The summed E-state index contributed by atoms with van der Waals surface area (Å²) in [6.07, 6.45) is -31.8. The molecule has 0 fully saturated rings. The lowest BCUT2D eigenvalue weighted by Crippen LogP contribution is -2.63. The van der Waals surface area contributed by atoms with Gasteiger partial charge in [0.15, 0.2) is 0 Å². The number of aliphatic hydroxyl groups excluding tert-OH is 3. The summed E-state index contributed by atoms with van der Waals surface area (Å²) >= 11 is 0. The van der Waals surface area contributed by atoms with Gasteiger partial charge in [0.1, 0.15) is 37.4 Å². The SMILES string of the molecule is CCC(O)CCCCC(O)COCC(F)(F)C(F)(F)OC(F)(F)C(F)(F)C(F)(F)OC(F)(F)C(F)(F)COCC(O)COc1ccc(OC)cc1. The van der Waals surface area contributed by atoms with Gasteiger partial charge >= 0.3 is 42.2 Å². The first kappa shape index (κ1) is 46.6. The van der Waals surface area contributed by atoms with Crippen LogP contribution in [-0.4, -0.2) is 116 Å². The lowest BCUT2D eigenvalue weighted by atomic mass is 10.1. The molecule has 0 aromatic heterocycles. The summed E-state index contributed by atoms with van der Waals surface area (Å²) in [5, 5.41) is 28.7. The normalized spacial score (nSPS) is 15.8. The first-order chi connectivity index (χ1) is 23.2. The van der Waals surface area contributed by atoms with Crippen LogP contribution in [0.25, 0.3) is 0 Å². The number of hydrogen-bond donors (Lipinski definition) is 3. The second kappa shape index (κ2) is 18.5. The van der Waals surface area contributed by atoms with Gasteiger partial charge in [-0.15, -0.1) is 0 Å². The zero-order valence-electron chi connectivity index (χ0n) is 26.7. The lowest BCUT2D eigenvalue weighted by molar-refractivity contribution is -0.534. The van der Waals surface area contributed by atoms with Gasteiger partial charge in [-0.2, -0.15) is 61.5 Å². The van der Waals surface area contributed by atoms with Crippen LogP contribution in [0.3, 0.4) is 0 Å². The van der Waals surface area contributed by atoms with Crippen LogP contribution in [0, 0.1) is 0 Å². The van der Waals surface area contributed by atoms with E-state index in [1.54, 1.807) is 6.92 Å². The summed E-state index contributed by atoms with van der Waals surface area (Å²) in [5.41, 5.74) is 0. The summed E-state index contributed by atoms with van der Waals surface area (Å²) in [6, 6.07) is 5.45. The van der Waals surface area contributed by atoms with Crippen LogP contribution in [0.4, 0.5) is 61.5 Å². The van der Waals surface area contributed by atoms with Crippen molar-refractivity contribution in [3.63, 3.8) is 0 Å². The Morgan fingerprint density at radius 3 is 1.35 bits per heavy atom. The molecule has 3 unspecified atom stereocenters. The van der Waals surface area contributed by atoms with E-state index in [0.29, 0.717) is 18.6 Å². The molecule has 0 amide bonds. The van der Waals surface area contributed by atoms with Crippen LogP contribution in [0.2, 0.25) is 0 Å². The molecule has 1 rings (SSSR count). The topological polar surface area (TPSA) is 116 Å². The zero-order valence-corrected chi connectivity index (χ0v) is 26.7. The Kier molecular flexibility index (Phi) is 16.9. The van der Waals surface area contributed by atoms with Gasteiger partial charge < -0.3 is 34.3 Å². The number of benzene rings is 1. The van der Waals surface area contributed by atoms with Gasteiger partial charge in [-0.1, -0.05) is 19.8 Å². The molecule has 0 spiro atoms. The molecule has 0 radical (unpaired) electrons. The number of methoxy groups -OCH3 is 1. The highest BCUT2D eigenvalue weighted by atomic mass is 19.4. The van der Waals surface area contributed by atoms with Crippen molar-refractivity contribution in [2.45, 2.75) is 99.5 Å². The zero-order chi connectivity index (χ0) is 39.5. The van der Waals surface area contributed by atoms with Crippen molar-refractivity contribution in [2.24, 2.45) is 0 Å². The quantitative estimate of drug-likeness (QED) is 0.0719. The number of alkyl halides is 14. The maximum absolute atomic E-state index is 13.9. The highest BCUT2D eigenvalue weighted by molar-refractivity contribution is 5.31. The highest BCUT2D eigenvalue weighted by Crippen LogP contribution is 2.53. The molecule has 0 heterocycles. The summed E-state index contributed by atoms with van der Waals surface area (Å²) in [6.45, 7) is -6.81. The Morgan fingerprint density at radius 1 is 0.549 bits per heavy atom. The Bertz CT molecular complexity index is 1160. The van der Waals surface area contributed by atoms with E-state index in [0.717, 1.165) is 0 Å². The van der Waals surface area contributed by atoms with Crippen molar-refractivity contribution in [3.8, 4) is 11.5 Å². The van der Waals surface area contributed by atoms with Gasteiger partial charge in [0.05, 0.1) is 32.5 Å². The van der Waals surface area contributed by atoms with Crippen molar-refractivity contribution in [3.05, 3.63) is 24.3 Å². The Hall–Kier alpha value is -2.44. The smallest absolute Gasteiger partial charge is 0.433 e. The van der Waals surface area contributed by atoms with E-state index in [1.807, 2.05) is 9.47 Å². The van der Waals surface area contributed by atoms with Crippen molar-refractivity contribution in [2.75, 3.05) is 40.1 Å². The van der Waals surface area contributed by atoms with Gasteiger partial charge in [-0.3, -0.25) is 0 Å². The van der Waals surface area contributed by atoms with Crippen LogP contribution in [-0.2, 0) is 18.9 Å². The summed E-state index contributed by atoms with van der Waals surface area (Å²) < 4.78 is 217. The van der Waals surface area contributed by atoms with E-state index in [4.69, 9.17) is 9.47 Å². The number of ether oxygens (including phenoxy) is 6. The van der Waals surface area contributed by atoms with Gasteiger partial charge in [0, 0.05) is 0 Å². The Labute approximate surface area is 281 Å². The summed E-state index contributed by atoms with van der Waals surface area (Å²) in [7, 11) is 1.34. The fourth-order valence-corrected chi connectivity index (χ4v) is 3.54. The largest absolute Gasteiger partial charge is 0.497 e. The van der Waals surface area contributed by atoms with Crippen LogP contribution in [0.15, 0.2) is 24.3 Å². The minimum absolute atomic E-state index is 0.0841. The monoisotopic (exact) mass is 782 g/mol. The van der Waals surface area contributed by atoms with E-state index in [1.165, 1.54) is 31.4 Å². The van der Waals surface area contributed by atoms with Crippen molar-refractivity contribution >= 4 is 0 Å². The first-order valence-electron chi connectivity index (χ1n) is 14.7. The molecule has 9 nitrogen and oxygen atoms in total. The van der Waals surface area contributed by atoms with E-state index in [9.17, 15) is 76.8 Å². The fourth-order valence-electron chi connectivity index (χ4n) is 3.54. The van der Waals surface area contributed by atoms with Crippen molar-refractivity contribution < 1.29 is 105 Å². The minimum atomic E-state index is -7.75. The first-order valence-corrected chi connectivity index (χ1v) is 14.7. The van der Waals surface area contributed by atoms with Gasteiger partial charge in [-0.25, -0.2) is 9.47 Å². The minimum Gasteiger partial charge on any atom is -0.497 e. The molecule has 0 saturated carbocycles. The molecule has 23 heteroatoms. The molecule has 3 N–H and O–H groups in total. The van der Waals surface area contributed by atoms with Crippen molar-refractivity contribution in [1.82, 2.24) is 0 Å². The third kappa shape index (κ3) is 13.5. The van der Waals surface area contributed by atoms with Crippen LogP contribution in [0.1, 0.15) is 39.0 Å². The van der Waals surface area contributed by atoms with Crippen LogP contribution < -0.4 is 9.47 Å². The molecule has 1 aromatic rings. The number of unbranched alkanes of at least 4 members (excludes halogenated alkanes) is 1. The summed E-state index contributed by atoms with van der Waals surface area (Å²) in [4.78, 5) is 0. The van der Waals surface area contributed by atoms with E-state index in [-0.39, 0.29) is 25.0 Å². The van der Waals surface area contributed by atoms with E-state index in [2.05, 4.69) is 9.47 Å². The van der Waals surface area contributed by atoms with Crippen molar-refractivity contribution in [1.29, 1.82) is 0 Å². The molecule has 0 saturated heterocycles. The molecule has 0 bridgehead atoms. The molecule has 0 aliphatic heterocycles. The average Bonchev–Trinajstić information content (AvgIpc) is 3.00. The third-order valence-electron chi connectivity index (χ3n) is 6.58. The number of halogens is 14. The van der Waals surface area contributed by atoms with E-state index < -0.39 is 93.5 Å². The molecule has 300 valence electrons. The molecule has 3 atom stereocenters. The molecular weight excluding hydrogens is 746 g/mol. The predicted molar refractivity (Wildman–Crippen MR) is 144 cm³/mol. The molecule has 0 aliphatic rings. The van der Waals surface area contributed by atoms with Gasteiger partial charge in [0.25, 0.3) is 0 Å². The molecule has 0 aliphatic carbocycles. The molecule has 51 heavy (non-hydrogen) atoms. The Morgan fingerprint density at radius 2 is 0.941 bits per heavy atom. The maximum atomic E-state index is 13.9. The van der Waals surface area contributed by atoms with Gasteiger partial charge in [-0.05, 0) is 43.5 Å². The number of rotatable bonds is 26.